The zero-order valence-corrected chi connectivity index (χ0v) is 15.0. The first-order valence-corrected chi connectivity index (χ1v) is 8.13. The van der Waals surface area contributed by atoms with Crippen LogP contribution in [0.25, 0.3) is 0 Å². The summed E-state index contributed by atoms with van der Waals surface area (Å²) in [4.78, 5) is 24.1. The molecule has 6 nitrogen and oxygen atoms in total. The minimum Gasteiger partial charge on any atom is -0.492 e. The first-order chi connectivity index (χ1) is 12.3. The van der Waals surface area contributed by atoms with E-state index in [4.69, 9.17) is 4.74 Å². The molecule has 0 aliphatic rings. The van der Waals surface area contributed by atoms with Gasteiger partial charge < -0.3 is 10.1 Å². The summed E-state index contributed by atoms with van der Waals surface area (Å²) in [5.41, 5.74) is 0.775. The quantitative estimate of drug-likeness (QED) is 0.872. The molecule has 2 N–H and O–H groups in total. The average molecular weight is 351 g/mol. The molecule has 134 valence electrons. The van der Waals surface area contributed by atoms with Crippen molar-refractivity contribution in [2.75, 3.05) is 11.9 Å². The van der Waals surface area contributed by atoms with Crippen LogP contribution in [0.1, 0.15) is 36.7 Å². The van der Waals surface area contributed by atoms with E-state index in [9.17, 15) is 14.9 Å². The number of nitrogens with one attached hydrogen (secondary N) is 2. The molecule has 0 saturated carbocycles. The Morgan fingerprint density at radius 1 is 1.08 bits per heavy atom. The second-order valence-corrected chi connectivity index (χ2v) is 6.91. The third-order valence-electron chi connectivity index (χ3n) is 3.31. The maximum atomic E-state index is 12.1. The first-order valence-electron chi connectivity index (χ1n) is 8.13. The lowest BCUT2D eigenvalue weighted by Crippen LogP contribution is -2.34. The standard InChI is InChI=1S/C20H21N3O3/c1-20(2,3)13-26-17-11-7-10-16(15(17)12-21)22-19(25)23-18(24)14-8-5-4-6-9-14/h4-11H,13H2,1-3H3,(H2,22,23,24,25). The summed E-state index contributed by atoms with van der Waals surface area (Å²) in [5.74, 6) is -0.142. The van der Waals surface area contributed by atoms with Crippen molar-refractivity contribution in [3.8, 4) is 11.8 Å². The summed E-state index contributed by atoms with van der Waals surface area (Å²) in [7, 11) is 0. The fourth-order valence-corrected chi connectivity index (χ4v) is 2.08. The SMILES string of the molecule is CC(C)(C)COc1cccc(NC(=O)NC(=O)c2ccccc2)c1C#N. The van der Waals surface area contributed by atoms with Gasteiger partial charge in [0.25, 0.3) is 5.91 Å². The van der Waals surface area contributed by atoms with Gasteiger partial charge in [-0.3, -0.25) is 10.1 Å². The molecule has 0 bridgehead atoms. The van der Waals surface area contributed by atoms with Crippen LogP contribution in [0.5, 0.6) is 5.75 Å². The Morgan fingerprint density at radius 2 is 1.77 bits per heavy atom. The van der Waals surface area contributed by atoms with Gasteiger partial charge in [-0.2, -0.15) is 5.26 Å². The van der Waals surface area contributed by atoms with Crippen LogP contribution in [0.15, 0.2) is 48.5 Å². The van der Waals surface area contributed by atoms with Crippen LogP contribution < -0.4 is 15.4 Å². The monoisotopic (exact) mass is 351 g/mol. The lowest BCUT2D eigenvalue weighted by atomic mass is 9.98. The molecular formula is C20H21N3O3. The molecule has 2 rings (SSSR count). The summed E-state index contributed by atoms with van der Waals surface area (Å²) < 4.78 is 5.70. The number of nitriles is 1. The zero-order valence-electron chi connectivity index (χ0n) is 15.0. The zero-order chi connectivity index (χ0) is 19.2. The van der Waals surface area contributed by atoms with Gasteiger partial charge >= 0.3 is 6.03 Å². The molecule has 0 atom stereocenters. The molecule has 3 amide bonds. The molecule has 0 fully saturated rings. The Morgan fingerprint density at radius 3 is 2.38 bits per heavy atom. The topological polar surface area (TPSA) is 91.2 Å². The number of anilines is 1. The number of nitrogens with zero attached hydrogens (tertiary/aromatic N) is 1. The molecule has 0 saturated heterocycles. The fourth-order valence-electron chi connectivity index (χ4n) is 2.08. The molecule has 26 heavy (non-hydrogen) atoms. The van der Waals surface area contributed by atoms with Crippen molar-refractivity contribution < 1.29 is 14.3 Å². The van der Waals surface area contributed by atoms with Crippen molar-refractivity contribution in [3.63, 3.8) is 0 Å². The van der Waals surface area contributed by atoms with Crippen LogP contribution in [0, 0.1) is 16.7 Å². The van der Waals surface area contributed by atoms with Crippen molar-refractivity contribution in [2.45, 2.75) is 20.8 Å². The van der Waals surface area contributed by atoms with E-state index >= 15 is 0 Å². The van der Waals surface area contributed by atoms with E-state index in [-0.39, 0.29) is 16.7 Å². The average Bonchev–Trinajstić information content (AvgIpc) is 2.60. The highest BCUT2D eigenvalue weighted by Crippen LogP contribution is 2.27. The summed E-state index contributed by atoms with van der Waals surface area (Å²) in [6, 6.07) is 14.6. The van der Waals surface area contributed by atoms with E-state index < -0.39 is 11.9 Å². The molecule has 6 heteroatoms. The number of urea groups is 1. The van der Waals surface area contributed by atoms with Crippen LogP contribution in [-0.4, -0.2) is 18.5 Å². The number of rotatable bonds is 4. The van der Waals surface area contributed by atoms with Crippen LogP contribution in [0.2, 0.25) is 0 Å². The fraction of sp³-hybridized carbons (Fsp3) is 0.250. The van der Waals surface area contributed by atoms with Crippen LogP contribution >= 0.6 is 0 Å². The van der Waals surface area contributed by atoms with Gasteiger partial charge in [-0.25, -0.2) is 4.79 Å². The van der Waals surface area contributed by atoms with E-state index in [1.165, 1.54) is 0 Å². The van der Waals surface area contributed by atoms with Crippen LogP contribution in [0.3, 0.4) is 0 Å². The number of imide groups is 1. The van der Waals surface area contributed by atoms with Gasteiger partial charge in [-0.15, -0.1) is 0 Å². The van der Waals surface area contributed by atoms with Crippen molar-refractivity contribution in [3.05, 3.63) is 59.7 Å². The van der Waals surface area contributed by atoms with Crippen molar-refractivity contribution in [1.82, 2.24) is 5.32 Å². The number of hydrogen-bond acceptors (Lipinski definition) is 4. The van der Waals surface area contributed by atoms with Gasteiger partial charge in [-0.05, 0) is 29.7 Å². The van der Waals surface area contributed by atoms with Crippen molar-refractivity contribution in [1.29, 1.82) is 5.26 Å². The minimum atomic E-state index is -0.719. The molecule has 0 aliphatic carbocycles. The highest BCUT2D eigenvalue weighted by Gasteiger charge is 2.17. The van der Waals surface area contributed by atoms with Gasteiger partial charge in [-0.1, -0.05) is 45.0 Å². The molecule has 0 aromatic heterocycles. The molecule has 0 heterocycles. The van der Waals surface area contributed by atoms with Crippen molar-refractivity contribution >= 4 is 17.6 Å². The van der Waals surface area contributed by atoms with Gasteiger partial charge in [0.15, 0.2) is 0 Å². The Balaban J connectivity index is 2.10. The predicted octanol–water partition coefficient (Wildman–Crippen LogP) is 3.95. The first kappa shape index (κ1) is 19.0. The highest BCUT2D eigenvalue weighted by molar-refractivity contribution is 6.08. The number of amides is 3. The maximum absolute atomic E-state index is 12.1. The Bertz CT molecular complexity index is 834. The summed E-state index contributed by atoms with van der Waals surface area (Å²) in [5, 5.41) is 14.2. The third-order valence-corrected chi connectivity index (χ3v) is 3.31. The molecule has 2 aromatic rings. The molecule has 0 aliphatic heterocycles. The Hall–Kier alpha value is -3.33. The van der Waals surface area contributed by atoms with Gasteiger partial charge in [0.1, 0.15) is 17.4 Å². The molecule has 0 unspecified atom stereocenters. The lowest BCUT2D eigenvalue weighted by Gasteiger charge is -2.20. The normalized spacial score (nSPS) is 10.5. The number of ether oxygens (including phenoxy) is 1. The third kappa shape index (κ3) is 5.35. The van der Waals surface area contributed by atoms with Gasteiger partial charge in [0, 0.05) is 5.56 Å². The van der Waals surface area contributed by atoms with E-state index in [0.717, 1.165) is 0 Å². The maximum Gasteiger partial charge on any atom is 0.326 e. The number of carbonyl (C=O) groups excluding carboxylic acids is 2. The number of benzene rings is 2. The van der Waals surface area contributed by atoms with Gasteiger partial charge in [0.2, 0.25) is 0 Å². The molecule has 2 aromatic carbocycles. The summed E-state index contributed by atoms with van der Waals surface area (Å²) >= 11 is 0. The molecule has 0 radical (unpaired) electrons. The second-order valence-electron chi connectivity index (χ2n) is 6.91. The van der Waals surface area contributed by atoms with Crippen LogP contribution in [-0.2, 0) is 0 Å². The van der Waals surface area contributed by atoms with Crippen LogP contribution in [0.4, 0.5) is 10.5 Å². The summed E-state index contributed by atoms with van der Waals surface area (Å²) in [6.07, 6.45) is 0. The van der Waals surface area contributed by atoms with Gasteiger partial charge in [0.05, 0.1) is 12.3 Å². The van der Waals surface area contributed by atoms with E-state index in [0.29, 0.717) is 17.9 Å². The summed E-state index contributed by atoms with van der Waals surface area (Å²) in [6.45, 7) is 6.47. The second kappa shape index (κ2) is 8.17. The van der Waals surface area contributed by atoms with E-state index in [2.05, 4.69) is 10.6 Å². The predicted molar refractivity (Wildman–Crippen MR) is 99.0 cm³/mol. The minimum absolute atomic E-state index is 0.0738. The van der Waals surface area contributed by atoms with E-state index in [1.54, 1.807) is 48.5 Å². The highest BCUT2D eigenvalue weighted by atomic mass is 16.5. The number of hydrogen-bond donors (Lipinski definition) is 2. The smallest absolute Gasteiger partial charge is 0.326 e. The molecular weight excluding hydrogens is 330 g/mol. The lowest BCUT2D eigenvalue weighted by molar-refractivity contribution is 0.0967. The number of carbonyl (C=O) groups is 2. The Kier molecular flexibility index (Phi) is 5.97. The largest absolute Gasteiger partial charge is 0.492 e. The Labute approximate surface area is 152 Å². The van der Waals surface area contributed by atoms with Crippen molar-refractivity contribution in [2.24, 2.45) is 5.41 Å². The van der Waals surface area contributed by atoms with E-state index in [1.807, 2.05) is 26.8 Å². The molecule has 0 spiro atoms.